The number of nitrogens with one attached hydrogen (secondary N) is 2. The van der Waals surface area contributed by atoms with Gasteiger partial charge in [0.15, 0.2) is 0 Å². The van der Waals surface area contributed by atoms with E-state index in [1.165, 1.54) is 11.9 Å². The van der Waals surface area contributed by atoms with Crippen LogP contribution in [0.2, 0.25) is 5.02 Å². The molecule has 7 nitrogen and oxygen atoms in total. The van der Waals surface area contributed by atoms with Crippen molar-refractivity contribution in [3.63, 3.8) is 0 Å². The number of hydrogen-bond acceptors (Lipinski definition) is 5. The minimum absolute atomic E-state index is 0.0220. The summed E-state index contributed by atoms with van der Waals surface area (Å²) in [4.78, 5) is 40.5. The van der Waals surface area contributed by atoms with Gasteiger partial charge in [-0.25, -0.2) is 4.79 Å². The molecule has 0 aliphatic carbocycles. The van der Waals surface area contributed by atoms with Crippen LogP contribution in [0, 0.1) is 13.8 Å². The second kappa shape index (κ2) is 11.6. The maximum Gasteiger partial charge on any atom is 0.408 e. The highest BCUT2D eigenvalue weighted by Gasteiger charge is 2.34. The van der Waals surface area contributed by atoms with E-state index in [1.807, 2.05) is 32.0 Å². The molecular formula is C25H32ClN3O4S. The van der Waals surface area contributed by atoms with E-state index in [0.29, 0.717) is 16.3 Å². The van der Waals surface area contributed by atoms with Gasteiger partial charge in [0.25, 0.3) is 5.91 Å². The molecule has 2 unspecified atom stereocenters. The normalized spacial score (nSPS) is 12.9. The van der Waals surface area contributed by atoms with Gasteiger partial charge in [-0.1, -0.05) is 48.0 Å². The molecule has 3 amide bonds. The minimum atomic E-state index is -0.996. The lowest BCUT2D eigenvalue weighted by Gasteiger charge is -2.32. The van der Waals surface area contributed by atoms with Gasteiger partial charge in [-0.3, -0.25) is 9.59 Å². The Bertz CT molecular complexity index is 1030. The van der Waals surface area contributed by atoms with E-state index >= 15 is 0 Å². The molecule has 2 aromatic rings. The number of carbonyl (C=O) groups is 3. The highest BCUT2D eigenvalue weighted by molar-refractivity contribution is 7.80. The zero-order valence-electron chi connectivity index (χ0n) is 20.3. The van der Waals surface area contributed by atoms with Crippen LogP contribution >= 0.6 is 24.2 Å². The molecule has 0 heterocycles. The van der Waals surface area contributed by atoms with Crippen molar-refractivity contribution in [2.75, 3.05) is 18.1 Å². The van der Waals surface area contributed by atoms with Crippen LogP contribution in [-0.2, 0) is 14.3 Å². The number of amides is 3. The van der Waals surface area contributed by atoms with Crippen molar-refractivity contribution in [1.29, 1.82) is 0 Å². The fraction of sp³-hybridized carbons (Fsp3) is 0.400. The van der Waals surface area contributed by atoms with E-state index in [2.05, 4.69) is 23.3 Å². The highest BCUT2D eigenvalue weighted by Crippen LogP contribution is 2.29. The molecule has 0 fully saturated rings. The second-order valence-electron chi connectivity index (χ2n) is 9.01. The Morgan fingerprint density at radius 2 is 1.68 bits per heavy atom. The van der Waals surface area contributed by atoms with Crippen LogP contribution in [0.5, 0.6) is 0 Å². The zero-order valence-corrected chi connectivity index (χ0v) is 22.0. The largest absolute Gasteiger partial charge is 0.444 e. The van der Waals surface area contributed by atoms with Crippen molar-refractivity contribution in [1.82, 2.24) is 10.2 Å². The molecule has 0 aliphatic heterocycles. The number of alkyl carbamates (subject to hydrolysis) is 1. The quantitative estimate of drug-likeness (QED) is 0.466. The maximum atomic E-state index is 13.5. The average molecular weight is 506 g/mol. The molecule has 184 valence electrons. The summed E-state index contributed by atoms with van der Waals surface area (Å²) in [6, 6.07) is 10.7. The standard InChI is InChI=1S/C25H32ClN3O4S/c1-15-10-7-8-12-17(15)21(22(30)28-20-16(2)11-9-13-18(20)26)29(6)23(31)19(14-34)27-24(32)33-25(3,4)5/h7-13,19,21,34H,14H2,1-6H3,(H,27,32)(H,28,30). The number of carbonyl (C=O) groups excluding carboxylic acids is 3. The summed E-state index contributed by atoms with van der Waals surface area (Å²) >= 11 is 10.5. The lowest BCUT2D eigenvalue weighted by atomic mass is 9.98. The number of para-hydroxylation sites is 1. The summed E-state index contributed by atoms with van der Waals surface area (Å²) in [7, 11) is 1.52. The van der Waals surface area contributed by atoms with Gasteiger partial charge in [-0.15, -0.1) is 0 Å². The highest BCUT2D eigenvalue weighted by atomic mass is 35.5. The second-order valence-corrected chi connectivity index (χ2v) is 9.78. The molecule has 0 radical (unpaired) electrons. The third kappa shape index (κ3) is 7.14. The van der Waals surface area contributed by atoms with Crippen LogP contribution in [0.15, 0.2) is 42.5 Å². The van der Waals surface area contributed by atoms with Gasteiger partial charge < -0.3 is 20.3 Å². The fourth-order valence-electron chi connectivity index (χ4n) is 3.41. The first-order valence-corrected chi connectivity index (χ1v) is 11.8. The molecule has 2 rings (SSSR count). The van der Waals surface area contributed by atoms with Gasteiger partial charge in [0.1, 0.15) is 17.7 Å². The number of rotatable bonds is 7. The number of halogens is 1. The van der Waals surface area contributed by atoms with Gasteiger partial charge in [0.2, 0.25) is 5.91 Å². The Labute approximate surface area is 211 Å². The van der Waals surface area contributed by atoms with Gasteiger partial charge in [-0.2, -0.15) is 12.6 Å². The Kier molecular flexibility index (Phi) is 9.41. The predicted molar refractivity (Wildman–Crippen MR) is 139 cm³/mol. The van der Waals surface area contributed by atoms with Crippen molar-refractivity contribution >= 4 is 47.8 Å². The molecule has 2 atom stereocenters. The van der Waals surface area contributed by atoms with Crippen molar-refractivity contribution in [2.45, 2.75) is 52.3 Å². The van der Waals surface area contributed by atoms with Crippen molar-refractivity contribution < 1.29 is 19.1 Å². The average Bonchev–Trinajstić information content (AvgIpc) is 2.74. The van der Waals surface area contributed by atoms with Crippen LogP contribution in [0.1, 0.15) is 43.5 Å². The molecule has 0 saturated carbocycles. The van der Waals surface area contributed by atoms with Gasteiger partial charge in [0, 0.05) is 12.8 Å². The fourth-order valence-corrected chi connectivity index (χ4v) is 3.93. The first-order valence-electron chi connectivity index (χ1n) is 10.8. The number of hydrogen-bond donors (Lipinski definition) is 3. The SMILES string of the molecule is Cc1ccccc1C(C(=O)Nc1c(C)cccc1Cl)N(C)C(=O)C(CS)NC(=O)OC(C)(C)C. The van der Waals surface area contributed by atoms with E-state index in [9.17, 15) is 14.4 Å². The summed E-state index contributed by atoms with van der Waals surface area (Å²) in [6.45, 7) is 8.88. The minimum Gasteiger partial charge on any atom is -0.444 e. The summed E-state index contributed by atoms with van der Waals surface area (Å²) < 4.78 is 5.27. The third-order valence-corrected chi connectivity index (χ3v) is 5.79. The molecular weight excluding hydrogens is 474 g/mol. The van der Waals surface area contributed by atoms with Gasteiger partial charge >= 0.3 is 6.09 Å². The van der Waals surface area contributed by atoms with Gasteiger partial charge in [0.05, 0.1) is 10.7 Å². The Hall–Kier alpha value is -2.71. The molecule has 34 heavy (non-hydrogen) atoms. The number of likely N-dealkylation sites (N-methyl/N-ethyl adjacent to an activating group) is 1. The number of ether oxygens (including phenoxy) is 1. The lowest BCUT2D eigenvalue weighted by molar-refractivity contribution is -0.138. The molecule has 2 N–H and O–H groups in total. The van der Waals surface area contributed by atoms with E-state index in [4.69, 9.17) is 16.3 Å². The van der Waals surface area contributed by atoms with Crippen LogP contribution < -0.4 is 10.6 Å². The number of nitrogens with zero attached hydrogens (tertiary/aromatic N) is 1. The summed E-state index contributed by atoms with van der Waals surface area (Å²) in [5, 5.41) is 5.82. The van der Waals surface area contributed by atoms with E-state index in [1.54, 1.807) is 45.0 Å². The van der Waals surface area contributed by atoms with Crippen LogP contribution in [0.4, 0.5) is 10.5 Å². The molecule has 0 bridgehead atoms. The topological polar surface area (TPSA) is 87.7 Å². The maximum absolute atomic E-state index is 13.5. The predicted octanol–water partition coefficient (Wildman–Crippen LogP) is 4.92. The molecule has 2 aromatic carbocycles. The Balaban J connectivity index is 2.38. The van der Waals surface area contributed by atoms with Crippen LogP contribution in [0.25, 0.3) is 0 Å². The van der Waals surface area contributed by atoms with Gasteiger partial charge in [-0.05, 0) is 57.4 Å². The number of thiol groups is 1. The first kappa shape index (κ1) is 27.5. The summed E-state index contributed by atoms with van der Waals surface area (Å²) in [5.74, 6) is -0.898. The summed E-state index contributed by atoms with van der Waals surface area (Å²) in [6.07, 6.45) is -0.739. The number of anilines is 1. The van der Waals surface area contributed by atoms with E-state index in [0.717, 1.165) is 11.1 Å². The molecule has 0 aliphatic rings. The first-order chi connectivity index (χ1) is 15.9. The molecule has 0 aromatic heterocycles. The molecule has 0 saturated heterocycles. The number of benzene rings is 2. The van der Waals surface area contributed by atoms with E-state index < -0.39 is 35.6 Å². The monoisotopic (exact) mass is 505 g/mol. The summed E-state index contributed by atoms with van der Waals surface area (Å²) in [5.41, 5.74) is 2.03. The van der Waals surface area contributed by atoms with Crippen LogP contribution in [-0.4, -0.2) is 47.3 Å². The van der Waals surface area contributed by atoms with Crippen molar-refractivity contribution in [2.24, 2.45) is 0 Å². The third-order valence-electron chi connectivity index (χ3n) is 5.11. The van der Waals surface area contributed by atoms with Crippen LogP contribution in [0.3, 0.4) is 0 Å². The van der Waals surface area contributed by atoms with Crippen molar-refractivity contribution in [3.05, 3.63) is 64.2 Å². The zero-order chi connectivity index (χ0) is 25.6. The Morgan fingerprint density at radius 1 is 1.06 bits per heavy atom. The van der Waals surface area contributed by atoms with Crippen molar-refractivity contribution in [3.8, 4) is 0 Å². The van der Waals surface area contributed by atoms with E-state index in [-0.39, 0.29) is 5.75 Å². The lowest BCUT2D eigenvalue weighted by Crippen LogP contribution is -2.52. The Morgan fingerprint density at radius 3 is 2.24 bits per heavy atom. The molecule has 9 heteroatoms. The molecule has 0 spiro atoms. The number of aryl methyl sites for hydroxylation is 2. The smallest absolute Gasteiger partial charge is 0.408 e.